The lowest BCUT2D eigenvalue weighted by atomic mass is 9.93. The van der Waals surface area contributed by atoms with Crippen LogP contribution in [0.15, 0.2) is 72.9 Å². The zero-order chi connectivity index (χ0) is 36.5. The number of H-pyrrole nitrogens is 2. The lowest BCUT2D eigenvalue weighted by molar-refractivity contribution is -0.105. The number of imidazole rings is 1. The predicted molar refractivity (Wildman–Crippen MR) is 198 cm³/mol. The van der Waals surface area contributed by atoms with E-state index < -0.39 is 5.82 Å². The quantitative estimate of drug-likeness (QED) is 0.139. The van der Waals surface area contributed by atoms with Gasteiger partial charge < -0.3 is 19.8 Å². The number of benzene rings is 3. The summed E-state index contributed by atoms with van der Waals surface area (Å²) in [6, 6.07) is 22.2. The molecule has 1 atom stereocenters. The minimum Gasteiger partial charge on any atom is -0.473 e. The fourth-order valence-electron chi connectivity index (χ4n) is 6.21. The summed E-state index contributed by atoms with van der Waals surface area (Å²) in [5.74, 6) is 1.41. The SMILES string of the molecule is C[C@@H]1CCO1.Cc1cc(NC=O)cc2cn[nH]c12.Cc1ccc2nc(CN3CCC(c4cccc(OCc5ccc(C#N)cc5F)n4)CC3)[nH]c2c1. The number of rotatable bonds is 8. The maximum absolute atomic E-state index is 14.1. The molecular formula is C40H43FN8O3. The molecule has 8 rings (SSSR count). The Hall–Kier alpha value is -5.64. The molecule has 6 aromatic rings. The van der Waals surface area contributed by atoms with Gasteiger partial charge in [-0.3, -0.25) is 14.8 Å². The molecule has 2 fully saturated rings. The molecule has 5 heterocycles. The molecule has 3 aromatic carbocycles. The van der Waals surface area contributed by atoms with E-state index in [0.29, 0.717) is 35.4 Å². The molecule has 2 aliphatic rings. The van der Waals surface area contributed by atoms with Crippen LogP contribution in [-0.4, -0.2) is 62.3 Å². The Bertz CT molecular complexity index is 2160. The van der Waals surface area contributed by atoms with E-state index in [9.17, 15) is 9.18 Å². The number of fused-ring (bicyclic) bond motifs is 2. The Balaban J connectivity index is 0.000000210. The molecule has 268 valence electrons. The topological polar surface area (TPSA) is 145 Å². The van der Waals surface area contributed by atoms with Gasteiger partial charge in [-0.15, -0.1) is 0 Å². The lowest BCUT2D eigenvalue weighted by Gasteiger charge is -2.31. The molecule has 0 spiro atoms. The van der Waals surface area contributed by atoms with Crippen molar-refractivity contribution in [2.24, 2.45) is 0 Å². The van der Waals surface area contributed by atoms with Gasteiger partial charge >= 0.3 is 0 Å². The zero-order valence-electron chi connectivity index (χ0n) is 29.7. The van der Waals surface area contributed by atoms with Crippen LogP contribution in [-0.2, 0) is 22.7 Å². The number of hydrogen-bond donors (Lipinski definition) is 3. The second-order valence-corrected chi connectivity index (χ2v) is 13.2. The number of piperidine rings is 1. The van der Waals surface area contributed by atoms with Crippen LogP contribution in [0, 0.1) is 31.0 Å². The highest BCUT2D eigenvalue weighted by Gasteiger charge is 2.23. The van der Waals surface area contributed by atoms with Crippen molar-refractivity contribution in [3.05, 3.63) is 113 Å². The van der Waals surface area contributed by atoms with Crippen molar-refractivity contribution < 1.29 is 18.7 Å². The van der Waals surface area contributed by atoms with Gasteiger partial charge in [0, 0.05) is 40.9 Å². The maximum Gasteiger partial charge on any atom is 0.213 e. The molecule has 0 aliphatic carbocycles. The maximum atomic E-state index is 14.1. The molecule has 0 unspecified atom stereocenters. The second-order valence-electron chi connectivity index (χ2n) is 13.2. The Morgan fingerprint density at radius 2 is 1.88 bits per heavy atom. The van der Waals surface area contributed by atoms with Crippen LogP contribution >= 0.6 is 0 Å². The number of hydrogen-bond acceptors (Lipinski definition) is 8. The number of ether oxygens (including phenoxy) is 2. The Labute approximate surface area is 302 Å². The molecule has 1 amide bonds. The van der Waals surface area contributed by atoms with Gasteiger partial charge in [-0.05, 0) is 107 Å². The zero-order valence-corrected chi connectivity index (χ0v) is 29.7. The van der Waals surface area contributed by atoms with Crippen LogP contribution in [0.5, 0.6) is 5.88 Å². The average molecular weight is 703 g/mol. The number of nitrogens with zero attached hydrogens (tertiary/aromatic N) is 5. The van der Waals surface area contributed by atoms with Crippen molar-refractivity contribution in [3.63, 3.8) is 0 Å². The van der Waals surface area contributed by atoms with Crippen molar-refractivity contribution in [2.75, 3.05) is 25.0 Å². The molecule has 52 heavy (non-hydrogen) atoms. The first kappa shape index (κ1) is 36.2. The molecule has 0 radical (unpaired) electrons. The summed E-state index contributed by atoms with van der Waals surface area (Å²) in [6.07, 6.45) is 6.26. The van der Waals surface area contributed by atoms with Crippen LogP contribution in [0.25, 0.3) is 21.9 Å². The van der Waals surface area contributed by atoms with Gasteiger partial charge in [0.15, 0.2) is 0 Å². The molecule has 0 bridgehead atoms. The summed E-state index contributed by atoms with van der Waals surface area (Å²) >= 11 is 0. The fraction of sp³-hybridized carbons (Fsp3) is 0.325. The number of nitrogens with one attached hydrogen (secondary N) is 3. The van der Waals surface area contributed by atoms with E-state index in [0.717, 1.165) is 83.8 Å². The third-order valence-electron chi connectivity index (χ3n) is 9.27. The van der Waals surface area contributed by atoms with Gasteiger partial charge in [-0.25, -0.2) is 14.4 Å². The Morgan fingerprint density at radius 1 is 1.08 bits per heavy atom. The summed E-state index contributed by atoms with van der Waals surface area (Å²) in [4.78, 5) is 25.5. The summed E-state index contributed by atoms with van der Waals surface area (Å²) in [5, 5.41) is 19.3. The number of aromatic amines is 2. The first-order valence-corrected chi connectivity index (χ1v) is 17.5. The first-order valence-electron chi connectivity index (χ1n) is 17.5. The highest BCUT2D eigenvalue weighted by atomic mass is 19.1. The summed E-state index contributed by atoms with van der Waals surface area (Å²) in [6.45, 7) is 9.97. The van der Waals surface area contributed by atoms with Crippen molar-refractivity contribution in [1.82, 2.24) is 30.0 Å². The number of carbonyl (C=O) groups excluding carboxylic acids is 1. The van der Waals surface area contributed by atoms with E-state index in [1.165, 1.54) is 18.1 Å². The predicted octanol–water partition coefficient (Wildman–Crippen LogP) is 7.47. The smallest absolute Gasteiger partial charge is 0.213 e. The molecule has 2 saturated heterocycles. The molecule has 2 aliphatic heterocycles. The van der Waals surface area contributed by atoms with Gasteiger partial charge in [0.05, 0.1) is 47.0 Å². The van der Waals surface area contributed by atoms with Gasteiger partial charge in [-0.2, -0.15) is 10.4 Å². The number of halogens is 1. The van der Waals surface area contributed by atoms with Crippen molar-refractivity contribution in [1.29, 1.82) is 5.26 Å². The molecule has 3 aromatic heterocycles. The van der Waals surface area contributed by atoms with Gasteiger partial charge in [0.25, 0.3) is 0 Å². The fourth-order valence-corrected chi connectivity index (χ4v) is 6.21. The molecule has 12 heteroatoms. The van der Waals surface area contributed by atoms with E-state index in [1.807, 2.05) is 37.3 Å². The third kappa shape index (κ3) is 9.37. The van der Waals surface area contributed by atoms with Gasteiger partial charge in [0.2, 0.25) is 12.3 Å². The summed E-state index contributed by atoms with van der Waals surface area (Å²) in [5.41, 5.74) is 7.91. The minimum atomic E-state index is -0.442. The van der Waals surface area contributed by atoms with Crippen LogP contribution < -0.4 is 10.1 Å². The second kappa shape index (κ2) is 17.0. The Kier molecular flexibility index (Phi) is 11.9. The number of pyridine rings is 1. The molecule has 11 nitrogen and oxygen atoms in total. The third-order valence-corrected chi connectivity index (χ3v) is 9.27. The van der Waals surface area contributed by atoms with Crippen molar-refractivity contribution in [3.8, 4) is 11.9 Å². The van der Waals surface area contributed by atoms with Crippen LogP contribution in [0.2, 0.25) is 0 Å². The van der Waals surface area contributed by atoms with Gasteiger partial charge in [-0.1, -0.05) is 18.2 Å². The van der Waals surface area contributed by atoms with E-state index in [1.54, 1.807) is 24.4 Å². The molecule has 3 N–H and O–H groups in total. The monoisotopic (exact) mass is 702 g/mol. The van der Waals surface area contributed by atoms with Crippen LogP contribution in [0.4, 0.5) is 10.1 Å². The van der Waals surface area contributed by atoms with Crippen molar-refractivity contribution >= 4 is 34.0 Å². The number of nitriles is 1. The highest BCUT2D eigenvalue weighted by molar-refractivity contribution is 5.87. The number of aromatic nitrogens is 5. The van der Waals surface area contributed by atoms with Crippen LogP contribution in [0.1, 0.15) is 65.9 Å². The number of aryl methyl sites for hydroxylation is 2. The summed E-state index contributed by atoms with van der Waals surface area (Å²) in [7, 11) is 0. The number of anilines is 1. The van der Waals surface area contributed by atoms with Crippen molar-refractivity contribution in [2.45, 2.75) is 65.2 Å². The standard InChI is InChI=1S/C27H26FN5O.C9H9N3O.C4H8O/c1-18-5-8-24-25(13-18)31-26(30-24)16-33-11-9-20(10-12-33)23-3-2-4-27(32-23)34-17-21-7-6-19(15-29)14-22(21)28;1-6-2-8(10-5-13)3-7-4-11-12-9(6)7;1-4-2-3-5-4/h2-8,13-14,20H,9-12,16-17H2,1H3,(H,30,31);2-5H,1H3,(H,10,13)(H,11,12);4H,2-3H2,1H3/t;;4-/m..1/s1. The van der Waals surface area contributed by atoms with E-state index in [-0.39, 0.29) is 6.61 Å². The lowest BCUT2D eigenvalue weighted by Crippen LogP contribution is -2.33. The van der Waals surface area contributed by atoms with E-state index in [2.05, 4.69) is 62.4 Å². The highest BCUT2D eigenvalue weighted by Crippen LogP contribution is 2.29. The average Bonchev–Trinajstić information content (AvgIpc) is 3.78. The Morgan fingerprint density at radius 3 is 2.60 bits per heavy atom. The van der Waals surface area contributed by atoms with E-state index >= 15 is 0 Å². The first-order chi connectivity index (χ1) is 25.3. The minimum absolute atomic E-state index is 0.0729. The summed E-state index contributed by atoms with van der Waals surface area (Å²) < 4.78 is 24.8. The number of likely N-dealkylation sites (tertiary alicyclic amines) is 1. The molecule has 0 saturated carbocycles. The molecular weight excluding hydrogens is 659 g/mol. The number of amides is 1. The van der Waals surface area contributed by atoms with Crippen LogP contribution in [0.3, 0.4) is 0 Å². The normalized spacial score (nSPS) is 15.8. The van der Waals surface area contributed by atoms with Gasteiger partial charge in [0.1, 0.15) is 18.2 Å². The largest absolute Gasteiger partial charge is 0.473 e. The number of carbonyl (C=O) groups is 1. The van der Waals surface area contributed by atoms with E-state index in [4.69, 9.17) is 19.7 Å².